The van der Waals surface area contributed by atoms with Gasteiger partial charge in [-0.3, -0.25) is 14.3 Å². The Morgan fingerprint density at radius 2 is 1.82 bits per heavy atom. The first kappa shape index (κ1) is 23.1. The van der Waals surface area contributed by atoms with E-state index in [1.54, 1.807) is 17.1 Å². The average molecular weight is 456 g/mol. The second-order valence-corrected chi connectivity index (χ2v) is 12.6. The number of hydrogen-bond donors (Lipinski definition) is 2. The lowest BCUT2D eigenvalue weighted by Crippen LogP contribution is -2.55. The molecule has 6 heteroatoms. The van der Waals surface area contributed by atoms with E-state index in [9.17, 15) is 14.7 Å². The summed E-state index contributed by atoms with van der Waals surface area (Å²) in [5.41, 5.74) is 0.596. The number of nitrogens with one attached hydrogen (secondary N) is 1. The van der Waals surface area contributed by atoms with Gasteiger partial charge in [0.05, 0.1) is 24.0 Å². The Hall–Kier alpha value is -1.69. The second kappa shape index (κ2) is 7.93. The van der Waals surface area contributed by atoms with Crippen molar-refractivity contribution in [2.45, 2.75) is 97.6 Å². The van der Waals surface area contributed by atoms with Crippen LogP contribution in [0.15, 0.2) is 12.4 Å². The minimum absolute atomic E-state index is 0.0925. The van der Waals surface area contributed by atoms with E-state index in [1.807, 2.05) is 6.92 Å². The summed E-state index contributed by atoms with van der Waals surface area (Å²) in [7, 11) is 0. The van der Waals surface area contributed by atoms with Crippen LogP contribution in [0.5, 0.6) is 0 Å². The van der Waals surface area contributed by atoms with Crippen LogP contribution in [-0.4, -0.2) is 32.2 Å². The van der Waals surface area contributed by atoms with Gasteiger partial charge in [-0.15, -0.1) is 0 Å². The van der Waals surface area contributed by atoms with Gasteiger partial charge in [-0.1, -0.05) is 13.8 Å². The molecule has 4 aliphatic carbocycles. The Kier molecular flexibility index (Phi) is 5.54. The zero-order chi connectivity index (χ0) is 23.6. The van der Waals surface area contributed by atoms with Crippen LogP contribution in [0.25, 0.3) is 0 Å². The molecule has 8 atom stereocenters. The molecule has 1 aromatic heterocycles. The van der Waals surface area contributed by atoms with E-state index in [1.165, 1.54) is 32.6 Å². The molecule has 0 aliphatic heterocycles. The average Bonchev–Trinajstić information content (AvgIpc) is 3.31. The van der Waals surface area contributed by atoms with Crippen molar-refractivity contribution in [3.05, 3.63) is 12.4 Å². The third-order valence-electron chi connectivity index (χ3n) is 10.6. The predicted molar refractivity (Wildman–Crippen MR) is 127 cm³/mol. The Balaban J connectivity index is 1.30. The lowest BCUT2D eigenvalue weighted by Gasteiger charge is -2.61. The van der Waals surface area contributed by atoms with Crippen LogP contribution in [0.3, 0.4) is 0 Å². The number of anilines is 1. The zero-order valence-electron chi connectivity index (χ0n) is 20.8. The van der Waals surface area contributed by atoms with Crippen molar-refractivity contribution in [3.63, 3.8) is 0 Å². The van der Waals surface area contributed by atoms with Crippen LogP contribution in [-0.2, 0) is 16.1 Å². The fourth-order valence-corrected chi connectivity index (χ4v) is 8.95. The van der Waals surface area contributed by atoms with Crippen LogP contribution < -0.4 is 5.32 Å². The summed E-state index contributed by atoms with van der Waals surface area (Å²) < 4.78 is 1.68. The number of amides is 1. The number of ketones is 1. The van der Waals surface area contributed by atoms with E-state index in [0.717, 1.165) is 43.9 Å². The summed E-state index contributed by atoms with van der Waals surface area (Å²) in [6.45, 7) is 8.71. The van der Waals surface area contributed by atoms with Gasteiger partial charge in [-0.2, -0.15) is 5.10 Å². The predicted octanol–water partition coefficient (Wildman–Crippen LogP) is 4.82. The van der Waals surface area contributed by atoms with Crippen molar-refractivity contribution < 1.29 is 14.7 Å². The fourth-order valence-electron chi connectivity index (χ4n) is 8.95. The minimum Gasteiger partial charge on any atom is -0.390 e. The van der Waals surface area contributed by atoms with Crippen molar-refractivity contribution in [1.82, 2.24) is 9.78 Å². The number of rotatable bonds is 4. The molecule has 1 heterocycles. The van der Waals surface area contributed by atoms with E-state index < -0.39 is 5.60 Å². The summed E-state index contributed by atoms with van der Waals surface area (Å²) in [5, 5.41) is 17.7. The molecule has 182 valence electrons. The molecule has 6 nitrogen and oxygen atoms in total. The van der Waals surface area contributed by atoms with Crippen molar-refractivity contribution in [3.8, 4) is 0 Å². The number of fused-ring (bicyclic) bond motifs is 5. The Morgan fingerprint density at radius 3 is 2.58 bits per heavy atom. The molecule has 4 aliphatic rings. The Labute approximate surface area is 197 Å². The summed E-state index contributed by atoms with van der Waals surface area (Å²) >= 11 is 0. The van der Waals surface area contributed by atoms with Gasteiger partial charge in [0.25, 0.3) is 0 Å². The Bertz CT molecular complexity index is 939. The fraction of sp³-hybridized carbons (Fsp3) is 0.815. The highest BCUT2D eigenvalue weighted by Crippen LogP contribution is 2.68. The first-order valence-electron chi connectivity index (χ1n) is 13.1. The van der Waals surface area contributed by atoms with Crippen molar-refractivity contribution in [2.24, 2.45) is 40.4 Å². The summed E-state index contributed by atoms with van der Waals surface area (Å²) in [5.74, 6) is 3.02. The zero-order valence-corrected chi connectivity index (χ0v) is 20.8. The molecule has 0 bridgehead atoms. The number of hydrogen-bond acceptors (Lipinski definition) is 4. The summed E-state index contributed by atoms with van der Waals surface area (Å²) in [4.78, 5) is 24.7. The van der Waals surface area contributed by atoms with Crippen molar-refractivity contribution in [2.75, 3.05) is 5.32 Å². The van der Waals surface area contributed by atoms with E-state index >= 15 is 0 Å². The maximum Gasteiger partial charge on any atom is 0.221 e. The number of nitrogens with zero attached hydrogens (tertiary/aromatic N) is 2. The molecule has 2 N–H and O–H groups in total. The molecule has 0 saturated heterocycles. The smallest absolute Gasteiger partial charge is 0.221 e. The third-order valence-corrected chi connectivity index (χ3v) is 10.6. The van der Waals surface area contributed by atoms with E-state index in [0.29, 0.717) is 28.7 Å². The van der Waals surface area contributed by atoms with Gasteiger partial charge in [0.15, 0.2) is 5.78 Å². The molecule has 4 saturated carbocycles. The summed E-state index contributed by atoms with van der Waals surface area (Å²) in [6, 6.07) is 0. The number of aliphatic hydroxyl groups is 1. The van der Waals surface area contributed by atoms with Crippen LogP contribution in [0.4, 0.5) is 5.69 Å². The summed E-state index contributed by atoms with van der Waals surface area (Å²) in [6.07, 6.45) is 13.4. The molecule has 0 radical (unpaired) electrons. The number of carbonyl (C=O) groups excluding carboxylic acids is 2. The van der Waals surface area contributed by atoms with Gasteiger partial charge in [0, 0.05) is 19.0 Å². The largest absolute Gasteiger partial charge is 0.390 e. The van der Waals surface area contributed by atoms with Crippen LogP contribution in [0.2, 0.25) is 0 Å². The van der Waals surface area contributed by atoms with Gasteiger partial charge in [0.2, 0.25) is 5.91 Å². The molecular formula is C27H41N3O3. The maximum absolute atomic E-state index is 13.5. The maximum atomic E-state index is 13.5. The van der Waals surface area contributed by atoms with Gasteiger partial charge in [-0.05, 0) is 99.2 Å². The van der Waals surface area contributed by atoms with E-state index in [4.69, 9.17) is 0 Å². The number of carbonyl (C=O) groups is 2. The SMILES string of the molecule is CC(=O)Nc1cnn(CC(=O)[C@H]2CC[C@H]3[C@@H]4CC[C@@H]5C[C@](C)(O)CC[C@]5(C)[C@H]4CC[C@]23C)c1. The first-order valence-corrected chi connectivity index (χ1v) is 13.1. The molecule has 1 aromatic rings. The van der Waals surface area contributed by atoms with Crippen LogP contribution in [0.1, 0.15) is 85.5 Å². The van der Waals surface area contributed by atoms with Crippen molar-refractivity contribution in [1.29, 1.82) is 0 Å². The van der Waals surface area contributed by atoms with Gasteiger partial charge in [0.1, 0.15) is 0 Å². The van der Waals surface area contributed by atoms with Crippen LogP contribution >= 0.6 is 0 Å². The van der Waals surface area contributed by atoms with Gasteiger partial charge >= 0.3 is 0 Å². The van der Waals surface area contributed by atoms with E-state index in [-0.39, 0.29) is 23.8 Å². The van der Waals surface area contributed by atoms with Crippen molar-refractivity contribution >= 4 is 17.4 Å². The lowest BCUT2D eigenvalue weighted by molar-refractivity contribution is -0.151. The number of aromatic nitrogens is 2. The molecule has 0 spiro atoms. The highest BCUT2D eigenvalue weighted by atomic mass is 16.3. The molecule has 0 aromatic carbocycles. The standard InChI is InChI=1S/C27H41N3O3/c1-17(31)29-19-14-28-30(15-19)16-24(32)23-8-7-21-20-6-5-18-13-25(2,33)11-12-26(18,3)22(20)9-10-27(21,23)4/h14-15,18,20-23,33H,5-13,16H2,1-4H3,(H,29,31)/t18-,20+,21+,22+,23-,25-,26+,27+/m1/s1. The second-order valence-electron chi connectivity index (χ2n) is 12.6. The highest BCUT2D eigenvalue weighted by Gasteiger charge is 2.61. The molecule has 5 rings (SSSR count). The van der Waals surface area contributed by atoms with Gasteiger partial charge in [-0.25, -0.2) is 0 Å². The third kappa shape index (κ3) is 3.86. The number of Topliss-reactive ketones (excluding diaryl/α,β-unsaturated/α-hetero) is 1. The highest BCUT2D eigenvalue weighted by molar-refractivity contribution is 5.88. The molecule has 33 heavy (non-hydrogen) atoms. The lowest BCUT2D eigenvalue weighted by atomic mass is 9.44. The topological polar surface area (TPSA) is 84.2 Å². The van der Waals surface area contributed by atoms with Crippen LogP contribution in [0, 0.1) is 40.4 Å². The molecule has 1 amide bonds. The first-order chi connectivity index (χ1) is 15.5. The quantitative estimate of drug-likeness (QED) is 0.682. The molecule has 0 unspecified atom stereocenters. The minimum atomic E-state index is -0.489. The van der Waals surface area contributed by atoms with E-state index in [2.05, 4.69) is 24.3 Å². The van der Waals surface area contributed by atoms with Gasteiger partial charge < -0.3 is 10.4 Å². The molecule has 4 fully saturated rings. The normalized spacial score (nSPS) is 44.5. The molecular weight excluding hydrogens is 414 g/mol. The monoisotopic (exact) mass is 455 g/mol. The Morgan fingerprint density at radius 1 is 1.06 bits per heavy atom.